The van der Waals surface area contributed by atoms with Gasteiger partial charge in [-0.2, -0.15) is 0 Å². The summed E-state index contributed by atoms with van der Waals surface area (Å²) < 4.78 is 34.1. The Morgan fingerprint density at radius 2 is 1.62 bits per heavy atom. The van der Waals surface area contributed by atoms with Gasteiger partial charge in [0.15, 0.2) is 18.1 Å². The maximum absolute atomic E-state index is 13.3. The molecule has 2 aromatic rings. The quantitative estimate of drug-likeness (QED) is 0.597. The predicted molar refractivity (Wildman–Crippen MR) is 104 cm³/mol. The first-order valence-electron chi connectivity index (χ1n) is 8.92. The average Bonchev–Trinajstić information content (AvgIpc) is 2.74. The van der Waals surface area contributed by atoms with Crippen molar-refractivity contribution in [2.45, 2.75) is 13.5 Å². The molecule has 0 atom stereocenters. The maximum atomic E-state index is 13.3. The van der Waals surface area contributed by atoms with Gasteiger partial charge in [-0.15, -0.1) is 0 Å². The van der Waals surface area contributed by atoms with E-state index in [9.17, 15) is 14.0 Å². The molecule has 0 aliphatic rings. The Labute approximate surface area is 168 Å². The third kappa shape index (κ3) is 5.60. The zero-order valence-corrected chi connectivity index (χ0v) is 16.9. The highest BCUT2D eigenvalue weighted by Gasteiger charge is 2.21. The highest BCUT2D eigenvalue weighted by molar-refractivity contribution is 5.95. The summed E-state index contributed by atoms with van der Waals surface area (Å²) in [6, 6.07) is 8.91. The molecule has 8 heteroatoms. The van der Waals surface area contributed by atoms with Crippen molar-refractivity contribution in [1.82, 2.24) is 4.90 Å². The lowest BCUT2D eigenvalue weighted by molar-refractivity contribution is -0.134. The van der Waals surface area contributed by atoms with E-state index in [0.29, 0.717) is 23.6 Å². The van der Waals surface area contributed by atoms with Gasteiger partial charge in [0, 0.05) is 25.2 Å². The van der Waals surface area contributed by atoms with Crippen LogP contribution in [0.15, 0.2) is 36.4 Å². The van der Waals surface area contributed by atoms with Gasteiger partial charge in [-0.05, 0) is 24.6 Å². The Hall–Kier alpha value is -3.29. The van der Waals surface area contributed by atoms with E-state index in [2.05, 4.69) is 0 Å². The van der Waals surface area contributed by atoms with Gasteiger partial charge in [0.25, 0.3) is 5.91 Å². The minimum absolute atomic E-state index is 0.103. The molecule has 0 aromatic heterocycles. The average molecular weight is 405 g/mol. The number of ether oxygens (including phenoxy) is 4. The lowest BCUT2D eigenvalue weighted by Gasteiger charge is -2.21. The molecule has 0 spiro atoms. The summed E-state index contributed by atoms with van der Waals surface area (Å²) in [6.07, 6.45) is 0. The van der Waals surface area contributed by atoms with Gasteiger partial charge < -0.3 is 23.8 Å². The number of benzene rings is 2. The number of carbonyl (C=O) groups is 2. The molecule has 0 saturated heterocycles. The first-order valence-corrected chi connectivity index (χ1v) is 8.92. The van der Waals surface area contributed by atoms with Crippen LogP contribution in [0.25, 0.3) is 0 Å². The topological polar surface area (TPSA) is 74.3 Å². The van der Waals surface area contributed by atoms with Crippen molar-refractivity contribution < 1.29 is 32.9 Å². The van der Waals surface area contributed by atoms with Crippen LogP contribution in [0, 0.1) is 5.82 Å². The molecule has 0 radical (unpaired) electrons. The smallest absolute Gasteiger partial charge is 0.342 e. The van der Waals surface area contributed by atoms with Gasteiger partial charge in [-0.3, -0.25) is 4.79 Å². The van der Waals surface area contributed by atoms with Crippen LogP contribution in [-0.2, 0) is 16.1 Å². The molecular formula is C21H24FNO6. The minimum Gasteiger partial charge on any atom is -0.496 e. The number of amides is 1. The van der Waals surface area contributed by atoms with Crippen molar-refractivity contribution in [3.05, 3.63) is 53.3 Å². The lowest BCUT2D eigenvalue weighted by atomic mass is 10.1. The normalized spacial score (nSPS) is 10.2. The second-order valence-corrected chi connectivity index (χ2v) is 6.02. The fraction of sp³-hybridized carbons (Fsp3) is 0.333. The van der Waals surface area contributed by atoms with Crippen molar-refractivity contribution in [3.8, 4) is 17.2 Å². The summed E-state index contributed by atoms with van der Waals surface area (Å²) in [5.41, 5.74) is 0.749. The van der Waals surface area contributed by atoms with Crippen LogP contribution in [0.4, 0.5) is 4.39 Å². The Bertz CT molecular complexity index is 870. The van der Waals surface area contributed by atoms with Crippen LogP contribution in [0.1, 0.15) is 22.8 Å². The van der Waals surface area contributed by atoms with E-state index in [1.165, 1.54) is 50.5 Å². The Balaban J connectivity index is 2.08. The van der Waals surface area contributed by atoms with Gasteiger partial charge in [0.05, 0.1) is 21.3 Å². The monoisotopic (exact) mass is 405 g/mol. The summed E-state index contributed by atoms with van der Waals surface area (Å²) in [7, 11) is 4.31. The molecule has 0 aliphatic heterocycles. The molecule has 2 rings (SSSR count). The van der Waals surface area contributed by atoms with E-state index in [0.717, 1.165) is 0 Å². The third-order valence-corrected chi connectivity index (χ3v) is 4.25. The number of likely N-dealkylation sites (N-methyl/N-ethyl adjacent to an activating group) is 1. The van der Waals surface area contributed by atoms with Crippen molar-refractivity contribution in [1.29, 1.82) is 0 Å². The van der Waals surface area contributed by atoms with E-state index in [1.54, 1.807) is 19.1 Å². The Kier molecular flexibility index (Phi) is 7.82. The van der Waals surface area contributed by atoms with E-state index < -0.39 is 18.5 Å². The summed E-state index contributed by atoms with van der Waals surface area (Å²) in [5.74, 6) is -0.565. The Morgan fingerprint density at radius 3 is 2.21 bits per heavy atom. The minimum atomic E-state index is -0.738. The molecule has 1 amide bonds. The van der Waals surface area contributed by atoms with Crippen LogP contribution >= 0.6 is 0 Å². The van der Waals surface area contributed by atoms with Crippen molar-refractivity contribution in [3.63, 3.8) is 0 Å². The summed E-state index contributed by atoms with van der Waals surface area (Å²) in [4.78, 5) is 26.4. The largest absolute Gasteiger partial charge is 0.496 e. The van der Waals surface area contributed by atoms with Crippen molar-refractivity contribution >= 4 is 11.9 Å². The molecule has 2 aromatic carbocycles. The first-order chi connectivity index (χ1) is 13.9. The predicted octanol–water partition coefficient (Wildman–Crippen LogP) is 3.06. The molecule has 156 valence electrons. The van der Waals surface area contributed by atoms with Crippen LogP contribution in [0.2, 0.25) is 0 Å². The molecule has 7 nitrogen and oxygen atoms in total. The molecule has 0 unspecified atom stereocenters. The highest BCUT2D eigenvalue weighted by Crippen LogP contribution is 2.34. The van der Waals surface area contributed by atoms with Crippen LogP contribution in [0.3, 0.4) is 0 Å². The SMILES string of the molecule is CCN(Cc1cccc(F)c1)C(=O)COC(=O)c1cc(OC)c(OC)cc1OC. The van der Waals surface area contributed by atoms with Gasteiger partial charge in [0.1, 0.15) is 17.1 Å². The molecule has 0 fully saturated rings. The number of hydrogen-bond donors (Lipinski definition) is 0. The molecule has 0 heterocycles. The van der Waals surface area contributed by atoms with Gasteiger partial charge in [0.2, 0.25) is 0 Å². The van der Waals surface area contributed by atoms with Crippen molar-refractivity contribution in [2.75, 3.05) is 34.5 Å². The maximum Gasteiger partial charge on any atom is 0.342 e. The third-order valence-electron chi connectivity index (χ3n) is 4.25. The van der Waals surface area contributed by atoms with E-state index >= 15 is 0 Å². The van der Waals surface area contributed by atoms with Crippen molar-refractivity contribution in [2.24, 2.45) is 0 Å². The van der Waals surface area contributed by atoms with E-state index in [-0.39, 0.29) is 23.7 Å². The highest BCUT2D eigenvalue weighted by atomic mass is 19.1. The number of nitrogens with zero attached hydrogens (tertiary/aromatic N) is 1. The number of rotatable bonds is 9. The van der Waals surface area contributed by atoms with Gasteiger partial charge >= 0.3 is 5.97 Å². The lowest BCUT2D eigenvalue weighted by Crippen LogP contribution is -2.34. The van der Waals surface area contributed by atoms with Crippen LogP contribution < -0.4 is 14.2 Å². The number of esters is 1. The number of methoxy groups -OCH3 is 3. The molecule has 0 saturated carbocycles. The summed E-state index contributed by atoms with van der Waals surface area (Å²) in [6.45, 7) is 1.92. The van der Waals surface area contributed by atoms with Gasteiger partial charge in [-0.1, -0.05) is 12.1 Å². The summed E-state index contributed by atoms with van der Waals surface area (Å²) >= 11 is 0. The molecular weight excluding hydrogens is 381 g/mol. The van der Waals surface area contributed by atoms with Crippen LogP contribution in [0.5, 0.6) is 17.2 Å². The number of halogens is 1. The van der Waals surface area contributed by atoms with E-state index in [4.69, 9.17) is 18.9 Å². The fourth-order valence-electron chi connectivity index (χ4n) is 2.72. The number of carbonyl (C=O) groups excluding carboxylic acids is 2. The molecule has 0 N–H and O–H groups in total. The summed E-state index contributed by atoms with van der Waals surface area (Å²) in [5, 5.41) is 0. The second-order valence-electron chi connectivity index (χ2n) is 6.02. The van der Waals surface area contributed by atoms with Crippen LogP contribution in [-0.4, -0.2) is 51.3 Å². The molecule has 0 aliphatic carbocycles. The zero-order valence-electron chi connectivity index (χ0n) is 16.9. The van der Waals surface area contributed by atoms with Gasteiger partial charge in [-0.25, -0.2) is 9.18 Å². The Morgan fingerprint density at radius 1 is 0.966 bits per heavy atom. The first kappa shape index (κ1) is 22.0. The molecule has 0 bridgehead atoms. The van der Waals surface area contributed by atoms with E-state index in [1.807, 2.05) is 0 Å². The second kappa shape index (κ2) is 10.3. The fourth-order valence-corrected chi connectivity index (χ4v) is 2.72. The molecule has 29 heavy (non-hydrogen) atoms. The number of hydrogen-bond acceptors (Lipinski definition) is 6. The zero-order chi connectivity index (χ0) is 21.4. The standard InChI is InChI=1S/C21H24FNO6/c1-5-23(12-14-7-6-8-15(22)9-14)20(24)13-29-21(25)16-10-18(27-3)19(28-4)11-17(16)26-2/h6-11H,5,12-13H2,1-4H3.